The van der Waals surface area contributed by atoms with E-state index in [9.17, 15) is 14.4 Å². The maximum Gasteiger partial charge on any atom is 0.338 e. The molecule has 0 amide bonds. The molecule has 37 heavy (non-hydrogen) atoms. The number of hydrogen-bond acceptors (Lipinski definition) is 8. The van der Waals surface area contributed by atoms with Crippen molar-refractivity contribution in [3.63, 3.8) is 0 Å². The molecule has 1 aliphatic heterocycles. The number of carbonyl (C=O) groups excluding carboxylic acids is 2. The van der Waals surface area contributed by atoms with Gasteiger partial charge in [0, 0.05) is 6.42 Å². The number of carbonyl (C=O) groups is 2. The lowest BCUT2D eigenvalue weighted by atomic mass is 10.1. The van der Waals surface area contributed by atoms with E-state index in [4.69, 9.17) is 14.2 Å². The van der Waals surface area contributed by atoms with Crippen LogP contribution in [0.1, 0.15) is 44.5 Å². The van der Waals surface area contributed by atoms with Crippen molar-refractivity contribution in [1.29, 1.82) is 0 Å². The highest BCUT2D eigenvalue weighted by Gasteiger charge is 2.40. The Morgan fingerprint density at radius 2 is 1.68 bits per heavy atom. The Balaban J connectivity index is 1.38. The van der Waals surface area contributed by atoms with E-state index in [1.54, 1.807) is 28.8 Å². The van der Waals surface area contributed by atoms with Gasteiger partial charge < -0.3 is 14.2 Å². The molecule has 2 aromatic carbocycles. The normalized spacial score (nSPS) is 19.2. The highest BCUT2D eigenvalue weighted by Crippen LogP contribution is 2.33. The Morgan fingerprint density at radius 3 is 2.32 bits per heavy atom. The van der Waals surface area contributed by atoms with Crippen LogP contribution in [0, 0.1) is 13.8 Å². The maximum atomic E-state index is 12.9. The Labute approximate surface area is 219 Å². The lowest BCUT2D eigenvalue weighted by Crippen LogP contribution is -2.32. The van der Waals surface area contributed by atoms with Gasteiger partial charge in [0.2, 0.25) is 0 Å². The molecule has 1 saturated heterocycles. The number of aromatic amines is 1. The SMILES string of the molecule is Cc1ccc(C(=O)OC[C@H]2O[C@H](n3cnc4c(=O)[nH]c(Br)nc43)C[C@@H]2OC(=O)c2ccc(C)cc2)cc1. The van der Waals surface area contributed by atoms with E-state index < -0.39 is 35.9 Å². The van der Waals surface area contributed by atoms with Crippen LogP contribution in [0.4, 0.5) is 0 Å². The monoisotopic (exact) mass is 566 g/mol. The molecule has 0 spiro atoms. The standard InChI is InChI=1S/C26H23BrN4O6/c1-14-3-7-16(8-4-14)24(33)35-12-19-18(37-25(34)17-9-5-15(2)6-10-17)11-20(36-19)31-13-28-21-22(31)29-26(27)30-23(21)32/h3-10,13,18-20H,11-12H2,1-2H3,(H,29,30,32)/t18-,19+,20-/m0/s1. The number of nitrogens with one attached hydrogen (secondary N) is 1. The summed E-state index contributed by atoms with van der Waals surface area (Å²) in [5.41, 5.74) is 2.89. The number of ether oxygens (including phenoxy) is 3. The Kier molecular flexibility index (Phi) is 6.90. The van der Waals surface area contributed by atoms with Gasteiger partial charge in [-0.15, -0.1) is 0 Å². The quantitative estimate of drug-likeness (QED) is 0.275. The van der Waals surface area contributed by atoms with Crippen molar-refractivity contribution in [3.05, 3.63) is 92.2 Å². The fraction of sp³-hybridized carbons (Fsp3) is 0.269. The Morgan fingerprint density at radius 1 is 1.05 bits per heavy atom. The number of nitrogens with zero attached hydrogens (tertiary/aromatic N) is 3. The number of aromatic nitrogens is 4. The van der Waals surface area contributed by atoms with Crippen molar-refractivity contribution in [3.8, 4) is 0 Å². The second-order valence-corrected chi connectivity index (χ2v) is 9.57. The molecule has 1 aliphatic rings. The molecule has 0 unspecified atom stereocenters. The van der Waals surface area contributed by atoms with E-state index in [2.05, 4.69) is 30.9 Å². The van der Waals surface area contributed by atoms with Gasteiger partial charge in [0.1, 0.15) is 25.0 Å². The minimum atomic E-state index is -0.753. The third-order valence-corrected chi connectivity index (χ3v) is 6.48. The molecule has 2 aromatic heterocycles. The molecule has 190 valence electrons. The molecule has 3 atom stereocenters. The molecule has 0 bridgehead atoms. The lowest BCUT2D eigenvalue weighted by molar-refractivity contribution is -0.0563. The lowest BCUT2D eigenvalue weighted by Gasteiger charge is -2.19. The van der Waals surface area contributed by atoms with Crippen LogP contribution < -0.4 is 5.56 Å². The zero-order chi connectivity index (χ0) is 26.1. The smallest absolute Gasteiger partial charge is 0.338 e. The topological polar surface area (TPSA) is 125 Å². The fourth-order valence-corrected chi connectivity index (χ4v) is 4.43. The van der Waals surface area contributed by atoms with Gasteiger partial charge in [-0.05, 0) is 54.0 Å². The number of esters is 2. The number of rotatable bonds is 6. The molecule has 1 N–H and O–H groups in total. The third-order valence-electron chi connectivity index (χ3n) is 6.11. The second-order valence-electron chi connectivity index (χ2n) is 8.82. The zero-order valence-electron chi connectivity index (χ0n) is 20.0. The van der Waals surface area contributed by atoms with Gasteiger partial charge in [0.25, 0.3) is 5.56 Å². The number of benzene rings is 2. The van der Waals surface area contributed by atoms with Crippen LogP contribution in [-0.4, -0.2) is 50.3 Å². The van der Waals surface area contributed by atoms with Crippen molar-refractivity contribution >= 4 is 39.0 Å². The van der Waals surface area contributed by atoms with Crippen LogP contribution in [0.25, 0.3) is 11.2 Å². The molecule has 11 heteroatoms. The molecule has 4 aromatic rings. The van der Waals surface area contributed by atoms with Crippen LogP contribution in [-0.2, 0) is 14.2 Å². The van der Waals surface area contributed by atoms with Gasteiger partial charge in [-0.3, -0.25) is 14.3 Å². The molecule has 0 aliphatic carbocycles. The summed E-state index contributed by atoms with van der Waals surface area (Å²) in [6.07, 6.45) is -0.458. The number of halogens is 1. The first-order valence-electron chi connectivity index (χ1n) is 11.6. The van der Waals surface area contributed by atoms with Crippen LogP contribution in [0.5, 0.6) is 0 Å². The first-order valence-corrected chi connectivity index (χ1v) is 12.4. The molecule has 0 saturated carbocycles. The molecular formula is C26H23BrN4O6. The van der Waals surface area contributed by atoms with Crippen molar-refractivity contribution in [2.75, 3.05) is 6.61 Å². The summed E-state index contributed by atoms with van der Waals surface area (Å²) < 4.78 is 19.3. The minimum absolute atomic E-state index is 0.139. The van der Waals surface area contributed by atoms with Crippen molar-refractivity contribution in [2.45, 2.75) is 38.7 Å². The summed E-state index contributed by atoms with van der Waals surface area (Å²) >= 11 is 3.19. The van der Waals surface area contributed by atoms with Crippen molar-refractivity contribution in [2.24, 2.45) is 0 Å². The number of imidazole rings is 1. The van der Waals surface area contributed by atoms with E-state index in [1.807, 2.05) is 38.1 Å². The Hall–Kier alpha value is -3.83. The molecule has 10 nitrogen and oxygen atoms in total. The molecule has 5 rings (SSSR count). The third kappa shape index (κ3) is 5.32. The average molecular weight is 567 g/mol. The summed E-state index contributed by atoms with van der Waals surface area (Å²) in [7, 11) is 0. The predicted octanol–water partition coefficient (Wildman–Crippen LogP) is 3.87. The van der Waals surface area contributed by atoms with E-state index in [-0.39, 0.29) is 23.3 Å². The van der Waals surface area contributed by atoms with Gasteiger partial charge in [0.05, 0.1) is 17.5 Å². The van der Waals surface area contributed by atoms with E-state index in [0.29, 0.717) is 16.8 Å². The first kappa shape index (κ1) is 24.8. The summed E-state index contributed by atoms with van der Waals surface area (Å²) in [5, 5.41) is 0. The van der Waals surface area contributed by atoms with Gasteiger partial charge in [0.15, 0.2) is 15.9 Å². The molecule has 1 fully saturated rings. The van der Waals surface area contributed by atoms with E-state index in [1.165, 1.54) is 6.33 Å². The minimum Gasteiger partial charge on any atom is -0.459 e. The van der Waals surface area contributed by atoms with Gasteiger partial charge >= 0.3 is 11.9 Å². The first-order chi connectivity index (χ1) is 17.8. The fourth-order valence-electron chi connectivity index (χ4n) is 4.08. The summed E-state index contributed by atoms with van der Waals surface area (Å²) in [6, 6.07) is 14.0. The van der Waals surface area contributed by atoms with E-state index >= 15 is 0 Å². The van der Waals surface area contributed by atoms with Crippen LogP contribution in [0.15, 0.2) is 64.4 Å². The molecule has 0 radical (unpaired) electrons. The van der Waals surface area contributed by atoms with Crippen LogP contribution in [0.3, 0.4) is 0 Å². The highest BCUT2D eigenvalue weighted by atomic mass is 79.9. The summed E-state index contributed by atoms with van der Waals surface area (Å²) in [5.74, 6) is -1.03. The van der Waals surface area contributed by atoms with Crippen molar-refractivity contribution < 1.29 is 23.8 Å². The largest absolute Gasteiger partial charge is 0.459 e. The van der Waals surface area contributed by atoms with E-state index in [0.717, 1.165) is 11.1 Å². The Bertz CT molecular complexity index is 1510. The summed E-state index contributed by atoms with van der Waals surface area (Å²) in [6.45, 7) is 3.71. The highest BCUT2D eigenvalue weighted by molar-refractivity contribution is 9.10. The van der Waals surface area contributed by atoms with Gasteiger partial charge in [-0.25, -0.2) is 19.6 Å². The maximum absolute atomic E-state index is 12.9. The zero-order valence-corrected chi connectivity index (χ0v) is 21.6. The number of aryl methyl sites for hydroxylation is 2. The molecule has 3 heterocycles. The van der Waals surface area contributed by atoms with Gasteiger partial charge in [-0.1, -0.05) is 35.4 Å². The molecular weight excluding hydrogens is 544 g/mol. The number of hydrogen-bond donors (Lipinski definition) is 1. The van der Waals surface area contributed by atoms with Crippen LogP contribution >= 0.6 is 15.9 Å². The average Bonchev–Trinajstić information content (AvgIpc) is 3.47. The second kappa shape index (κ2) is 10.3. The van der Waals surface area contributed by atoms with Gasteiger partial charge in [-0.2, -0.15) is 0 Å². The van der Waals surface area contributed by atoms with Crippen LogP contribution in [0.2, 0.25) is 0 Å². The van der Waals surface area contributed by atoms with Crippen molar-refractivity contribution in [1.82, 2.24) is 19.5 Å². The number of fused-ring (bicyclic) bond motifs is 1. The predicted molar refractivity (Wildman–Crippen MR) is 136 cm³/mol. The summed E-state index contributed by atoms with van der Waals surface area (Å²) in [4.78, 5) is 48.7. The number of H-pyrrole nitrogens is 1.